The molecule has 6 rings (SSSR count). The molecule has 2 aliphatic heterocycles. The Hall–Kier alpha value is -1.99. The van der Waals surface area contributed by atoms with E-state index in [0.29, 0.717) is 29.7 Å². The maximum atomic E-state index is 13.4. The van der Waals surface area contributed by atoms with Gasteiger partial charge in [-0.05, 0) is 114 Å². The summed E-state index contributed by atoms with van der Waals surface area (Å²) < 4.78 is 17.7. The van der Waals surface area contributed by atoms with E-state index in [0.717, 1.165) is 37.7 Å². The molecule has 220 valence electrons. The molecule has 0 unspecified atom stereocenters. The number of esters is 2. The molecular weight excluding hydrogens is 508 g/mol. The highest BCUT2D eigenvalue weighted by atomic mass is 16.6. The van der Waals surface area contributed by atoms with Gasteiger partial charge in [0.1, 0.15) is 24.4 Å². The van der Waals surface area contributed by atoms with Crippen LogP contribution in [0.1, 0.15) is 87.0 Å². The molecule has 0 amide bonds. The number of carbonyl (C=O) groups excluding carboxylic acids is 3. The number of ketones is 1. The van der Waals surface area contributed by atoms with E-state index in [1.165, 1.54) is 0 Å². The van der Waals surface area contributed by atoms with Crippen LogP contribution < -0.4 is 0 Å². The van der Waals surface area contributed by atoms with Crippen molar-refractivity contribution in [3.05, 3.63) is 23.3 Å². The molecule has 7 heteroatoms. The van der Waals surface area contributed by atoms with E-state index >= 15 is 0 Å². The first-order valence-electron chi connectivity index (χ1n) is 15.3. The minimum absolute atomic E-state index is 0.0414. The molecular formula is C33H46O7. The number of allylic oxidation sites excluding steroid dienone is 1. The number of cyclic esters (lactones) is 1. The van der Waals surface area contributed by atoms with Crippen LogP contribution in [-0.4, -0.2) is 53.3 Å². The smallest absolute Gasteiger partial charge is 0.337 e. The molecule has 4 aliphatic carbocycles. The molecule has 7 nitrogen and oxygen atoms in total. The number of hydrogen-bond donors (Lipinski definition) is 1. The van der Waals surface area contributed by atoms with Gasteiger partial charge in [0.2, 0.25) is 0 Å². The van der Waals surface area contributed by atoms with Crippen LogP contribution in [0.25, 0.3) is 0 Å². The van der Waals surface area contributed by atoms with Gasteiger partial charge in [0, 0.05) is 6.42 Å². The highest BCUT2D eigenvalue weighted by molar-refractivity contribution is 5.98. The number of rotatable bonds is 4. The van der Waals surface area contributed by atoms with Crippen molar-refractivity contribution in [3.63, 3.8) is 0 Å². The van der Waals surface area contributed by atoms with Crippen LogP contribution in [0.4, 0.5) is 0 Å². The van der Waals surface area contributed by atoms with E-state index in [1.54, 1.807) is 32.9 Å². The van der Waals surface area contributed by atoms with Crippen molar-refractivity contribution in [2.45, 2.75) is 111 Å². The lowest BCUT2D eigenvalue weighted by atomic mass is 9.44. The Balaban J connectivity index is 1.18. The van der Waals surface area contributed by atoms with E-state index in [1.807, 2.05) is 6.92 Å². The second-order valence-corrected chi connectivity index (χ2v) is 15.2. The predicted octanol–water partition coefficient (Wildman–Crippen LogP) is 4.95. The summed E-state index contributed by atoms with van der Waals surface area (Å²) >= 11 is 0. The van der Waals surface area contributed by atoms with E-state index < -0.39 is 22.5 Å². The quantitative estimate of drug-likeness (QED) is 0.387. The third-order valence-corrected chi connectivity index (χ3v) is 12.4. The van der Waals surface area contributed by atoms with Gasteiger partial charge in [0.15, 0.2) is 5.78 Å². The fourth-order valence-corrected chi connectivity index (χ4v) is 10.0. The Morgan fingerprint density at radius 3 is 2.58 bits per heavy atom. The lowest BCUT2D eigenvalue weighted by Crippen LogP contribution is -2.63. The molecule has 1 N–H and O–H groups in total. The minimum Gasteiger partial charge on any atom is -0.460 e. The Labute approximate surface area is 238 Å². The monoisotopic (exact) mass is 554 g/mol. The summed E-state index contributed by atoms with van der Waals surface area (Å²) in [5.74, 6) is 1.11. The number of ether oxygens (including phenoxy) is 3. The van der Waals surface area contributed by atoms with Gasteiger partial charge in [0.05, 0.1) is 22.5 Å². The Bertz CT molecular complexity index is 1190. The van der Waals surface area contributed by atoms with Crippen LogP contribution in [0.5, 0.6) is 0 Å². The van der Waals surface area contributed by atoms with Crippen LogP contribution >= 0.6 is 0 Å². The minimum atomic E-state index is -0.738. The summed E-state index contributed by atoms with van der Waals surface area (Å²) in [6, 6.07) is 0. The maximum Gasteiger partial charge on any atom is 0.337 e. The molecule has 1 spiro atoms. The lowest BCUT2D eigenvalue weighted by molar-refractivity contribution is -0.157. The fourth-order valence-electron chi connectivity index (χ4n) is 10.0. The van der Waals surface area contributed by atoms with Crippen LogP contribution in [-0.2, 0) is 28.6 Å². The first-order chi connectivity index (χ1) is 18.7. The molecule has 0 aromatic rings. The van der Waals surface area contributed by atoms with Crippen molar-refractivity contribution in [1.29, 1.82) is 0 Å². The molecule has 0 bridgehead atoms. The van der Waals surface area contributed by atoms with Gasteiger partial charge in [-0.3, -0.25) is 9.59 Å². The van der Waals surface area contributed by atoms with Gasteiger partial charge < -0.3 is 19.3 Å². The highest BCUT2D eigenvalue weighted by Crippen LogP contribution is 2.73. The molecule has 0 radical (unpaired) electrons. The zero-order valence-corrected chi connectivity index (χ0v) is 25.1. The van der Waals surface area contributed by atoms with Crippen molar-refractivity contribution >= 4 is 17.7 Å². The molecule has 1 saturated heterocycles. The van der Waals surface area contributed by atoms with Crippen molar-refractivity contribution in [1.82, 2.24) is 0 Å². The number of fused-ring (bicyclic) bond motifs is 4. The van der Waals surface area contributed by atoms with Crippen LogP contribution in [0, 0.1) is 45.8 Å². The molecule has 11 atom stereocenters. The topological polar surface area (TPSA) is 102 Å². The first-order valence-corrected chi connectivity index (χ1v) is 15.3. The number of aliphatic hydroxyl groups is 1. The molecule has 6 aliphatic rings. The normalized spacial score (nSPS) is 46.5. The fraction of sp³-hybridized carbons (Fsp3) is 0.788. The Morgan fingerprint density at radius 1 is 1.18 bits per heavy atom. The maximum absolute atomic E-state index is 13.4. The largest absolute Gasteiger partial charge is 0.460 e. The summed E-state index contributed by atoms with van der Waals surface area (Å²) in [6.07, 6.45) is 8.00. The van der Waals surface area contributed by atoms with E-state index in [2.05, 4.69) is 20.8 Å². The summed E-state index contributed by atoms with van der Waals surface area (Å²) in [5, 5.41) is 10.9. The van der Waals surface area contributed by atoms with Gasteiger partial charge in [-0.15, -0.1) is 0 Å². The summed E-state index contributed by atoms with van der Waals surface area (Å²) in [7, 11) is 0. The van der Waals surface area contributed by atoms with Gasteiger partial charge >= 0.3 is 11.9 Å². The SMILES string of the molecule is CC1=C(COC(=O)C(C)(C)C)C(=O)O[C@@H]([C@@H](C)[C@H]2CC[C@H]3[C@@H]4C[C@H]5O[C@]56[C@@H](O)C=CC(=O)[C@]6(C)[C@H]4CC[C@]23C)C1. The van der Waals surface area contributed by atoms with Gasteiger partial charge in [-0.25, -0.2) is 4.79 Å². The number of hydrogen-bond acceptors (Lipinski definition) is 7. The van der Waals surface area contributed by atoms with Crippen LogP contribution in [0.3, 0.4) is 0 Å². The second kappa shape index (κ2) is 9.00. The number of aliphatic hydroxyl groups excluding tert-OH is 1. The van der Waals surface area contributed by atoms with Crippen molar-refractivity contribution in [2.24, 2.45) is 45.8 Å². The molecule has 0 aromatic heterocycles. The van der Waals surface area contributed by atoms with E-state index in [9.17, 15) is 19.5 Å². The highest BCUT2D eigenvalue weighted by Gasteiger charge is 2.80. The molecule has 0 aromatic carbocycles. The Morgan fingerprint density at radius 2 is 1.90 bits per heavy atom. The molecule has 40 heavy (non-hydrogen) atoms. The molecule has 2 heterocycles. The summed E-state index contributed by atoms with van der Waals surface area (Å²) in [6.45, 7) is 14.0. The van der Waals surface area contributed by atoms with Crippen molar-refractivity contribution in [3.8, 4) is 0 Å². The van der Waals surface area contributed by atoms with Gasteiger partial charge in [0.25, 0.3) is 0 Å². The lowest BCUT2D eigenvalue weighted by Gasteiger charge is -2.58. The zero-order chi connectivity index (χ0) is 29.0. The second-order valence-electron chi connectivity index (χ2n) is 15.2. The van der Waals surface area contributed by atoms with Crippen molar-refractivity contribution < 1.29 is 33.7 Å². The first kappa shape index (κ1) is 28.1. The summed E-state index contributed by atoms with van der Waals surface area (Å²) in [4.78, 5) is 38.7. The number of carbonyl (C=O) groups is 3. The van der Waals surface area contributed by atoms with Gasteiger partial charge in [-0.1, -0.05) is 19.4 Å². The van der Waals surface area contributed by atoms with Gasteiger partial charge in [-0.2, -0.15) is 0 Å². The third-order valence-electron chi connectivity index (χ3n) is 12.4. The number of epoxide rings is 1. The average molecular weight is 555 g/mol. The third kappa shape index (κ3) is 3.71. The summed E-state index contributed by atoms with van der Waals surface area (Å²) in [5.41, 5.74) is -0.519. The average Bonchev–Trinajstić information content (AvgIpc) is 3.51. The standard InChI is InChI=1S/C33H46O7/c1-17-14-24(39-28(36)20(17)16-38-29(37)30(3,4)5)18(2)21-8-9-22-19-15-27-33(40-27)26(35)11-10-25(34)32(33,7)23(19)12-13-31(21,22)6/h10-11,18-19,21-24,26-27,35H,8-9,12-16H2,1-7H3/t18-,19-,21+,22-,23-,24+,26-,27+,31+,32-,33+/m0/s1. The zero-order valence-electron chi connectivity index (χ0n) is 25.1. The Kier molecular flexibility index (Phi) is 6.33. The van der Waals surface area contributed by atoms with Crippen LogP contribution in [0.15, 0.2) is 23.3 Å². The van der Waals surface area contributed by atoms with Crippen LogP contribution in [0.2, 0.25) is 0 Å². The predicted molar refractivity (Wildman–Crippen MR) is 148 cm³/mol. The van der Waals surface area contributed by atoms with E-state index in [-0.39, 0.29) is 53.8 Å². The molecule has 3 saturated carbocycles. The van der Waals surface area contributed by atoms with Crippen molar-refractivity contribution in [2.75, 3.05) is 6.61 Å². The molecule has 4 fully saturated rings. The van der Waals surface area contributed by atoms with E-state index in [4.69, 9.17) is 14.2 Å².